The summed E-state index contributed by atoms with van der Waals surface area (Å²) >= 11 is 10.2. The second-order valence-electron chi connectivity index (χ2n) is 5.68. The van der Waals surface area contributed by atoms with Crippen LogP contribution in [0.5, 0.6) is 0 Å². The summed E-state index contributed by atoms with van der Waals surface area (Å²) in [5.74, 6) is 0. The average Bonchev–Trinajstić information content (AvgIpc) is 3.01. The first-order valence-corrected chi connectivity index (χ1v) is 9.94. The van der Waals surface area contributed by atoms with Gasteiger partial charge in [-0.25, -0.2) is 0 Å². The van der Waals surface area contributed by atoms with E-state index in [1.54, 1.807) is 21.8 Å². The summed E-state index contributed by atoms with van der Waals surface area (Å²) in [5.41, 5.74) is 1.59. The van der Waals surface area contributed by atoms with Gasteiger partial charge in [0.2, 0.25) is 0 Å². The zero-order chi connectivity index (χ0) is 14.7. The van der Waals surface area contributed by atoms with Gasteiger partial charge in [-0.15, -0.1) is 22.7 Å². The molecule has 21 heavy (non-hydrogen) atoms. The average molecular weight is 340 g/mol. The Morgan fingerprint density at radius 1 is 1.29 bits per heavy atom. The summed E-state index contributed by atoms with van der Waals surface area (Å²) in [6.07, 6.45) is 7.73. The fourth-order valence-corrected chi connectivity index (χ4v) is 5.63. The predicted octanol–water partition coefficient (Wildman–Crippen LogP) is 5.82. The Morgan fingerprint density at radius 2 is 2.14 bits per heavy atom. The molecular weight excluding hydrogens is 318 g/mol. The third-order valence-electron chi connectivity index (χ3n) is 4.06. The van der Waals surface area contributed by atoms with Crippen molar-refractivity contribution in [1.29, 1.82) is 0 Å². The van der Waals surface area contributed by atoms with Crippen molar-refractivity contribution in [2.75, 3.05) is 6.54 Å². The molecule has 0 saturated heterocycles. The van der Waals surface area contributed by atoms with Crippen LogP contribution in [0.3, 0.4) is 0 Å². The summed E-state index contributed by atoms with van der Waals surface area (Å²) < 4.78 is 0. The monoisotopic (exact) mass is 339 g/mol. The van der Waals surface area contributed by atoms with Gasteiger partial charge in [0.15, 0.2) is 0 Å². The molecule has 1 atom stereocenters. The lowest BCUT2D eigenvalue weighted by molar-refractivity contribution is 0.612. The third kappa shape index (κ3) is 3.53. The molecule has 114 valence electrons. The smallest absolute Gasteiger partial charge is 0.0780 e. The summed E-state index contributed by atoms with van der Waals surface area (Å²) in [4.78, 5) is 4.32. The van der Waals surface area contributed by atoms with E-state index in [-0.39, 0.29) is 6.04 Å². The van der Waals surface area contributed by atoms with E-state index in [4.69, 9.17) is 11.6 Å². The highest BCUT2D eigenvalue weighted by atomic mass is 35.5. The van der Waals surface area contributed by atoms with E-state index in [0.29, 0.717) is 0 Å². The SMILES string of the molecule is CCCNC(c1cc2c(s1)CCCCC2)c1sccc1Cl. The van der Waals surface area contributed by atoms with Crippen LogP contribution in [-0.2, 0) is 12.8 Å². The second kappa shape index (κ2) is 7.28. The van der Waals surface area contributed by atoms with Crippen molar-refractivity contribution in [2.45, 2.75) is 51.5 Å². The molecule has 1 N–H and O–H groups in total. The Hall–Kier alpha value is -0.350. The van der Waals surface area contributed by atoms with Crippen molar-refractivity contribution in [3.05, 3.63) is 42.7 Å². The lowest BCUT2D eigenvalue weighted by Gasteiger charge is -2.16. The number of aryl methyl sites for hydroxylation is 2. The van der Waals surface area contributed by atoms with Crippen LogP contribution in [0.25, 0.3) is 0 Å². The predicted molar refractivity (Wildman–Crippen MR) is 95.0 cm³/mol. The molecule has 0 bridgehead atoms. The standard InChI is InChI=1S/C17H22ClNS2/c1-2-9-19-16(17-13(18)8-10-20-17)15-11-12-6-4-3-5-7-14(12)21-15/h8,10-11,16,19H,2-7,9H2,1H3. The fraction of sp³-hybridized carbons (Fsp3) is 0.529. The van der Waals surface area contributed by atoms with Crippen molar-refractivity contribution < 1.29 is 0 Å². The minimum Gasteiger partial charge on any atom is -0.305 e. The number of hydrogen-bond donors (Lipinski definition) is 1. The van der Waals surface area contributed by atoms with Gasteiger partial charge >= 0.3 is 0 Å². The number of nitrogens with one attached hydrogen (secondary N) is 1. The lowest BCUT2D eigenvalue weighted by atomic mass is 10.1. The number of hydrogen-bond acceptors (Lipinski definition) is 3. The zero-order valence-corrected chi connectivity index (χ0v) is 14.8. The molecule has 0 fully saturated rings. The Labute approximate surface area is 140 Å². The molecule has 2 heterocycles. The largest absolute Gasteiger partial charge is 0.305 e. The van der Waals surface area contributed by atoms with Crippen LogP contribution < -0.4 is 5.32 Å². The van der Waals surface area contributed by atoms with Crippen LogP contribution in [0.2, 0.25) is 5.02 Å². The number of fused-ring (bicyclic) bond motifs is 1. The lowest BCUT2D eigenvalue weighted by Crippen LogP contribution is -2.21. The van der Waals surface area contributed by atoms with Crippen LogP contribution >= 0.6 is 34.3 Å². The van der Waals surface area contributed by atoms with E-state index >= 15 is 0 Å². The molecule has 1 aliphatic rings. The number of halogens is 1. The molecule has 0 aliphatic heterocycles. The first-order valence-electron chi connectivity index (χ1n) is 7.87. The Balaban J connectivity index is 1.91. The number of thiophene rings is 2. The summed E-state index contributed by atoms with van der Waals surface area (Å²) in [5, 5.41) is 6.68. The van der Waals surface area contributed by atoms with E-state index in [1.165, 1.54) is 41.9 Å². The van der Waals surface area contributed by atoms with Gasteiger partial charge in [-0.2, -0.15) is 0 Å². The summed E-state index contributed by atoms with van der Waals surface area (Å²) in [6, 6.07) is 4.73. The maximum atomic E-state index is 6.39. The van der Waals surface area contributed by atoms with Gasteiger partial charge in [-0.05, 0) is 61.7 Å². The molecule has 2 aromatic heterocycles. The van der Waals surface area contributed by atoms with Crippen LogP contribution in [0.4, 0.5) is 0 Å². The van der Waals surface area contributed by atoms with E-state index < -0.39 is 0 Å². The third-order valence-corrected chi connectivity index (χ3v) is 6.78. The van der Waals surface area contributed by atoms with Crippen LogP contribution in [0, 0.1) is 0 Å². The minimum atomic E-state index is 0.273. The molecule has 2 aromatic rings. The molecule has 0 radical (unpaired) electrons. The molecule has 0 spiro atoms. The highest BCUT2D eigenvalue weighted by molar-refractivity contribution is 7.13. The van der Waals surface area contributed by atoms with E-state index in [9.17, 15) is 0 Å². The van der Waals surface area contributed by atoms with Crippen molar-refractivity contribution in [2.24, 2.45) is 0 Å². The van der Waals surface area contributed by atoms with Gasteiger partial charge in [0.05, 0.1) is 11.1 Å². The highest BCUT2D eigenvalue weighted by Crippen LogP contribution is 2.38. The van der Waals surface area contributed by atoms with Gasteiger partial charge < -0.3 is 5.32 Å². The first-order chi connectivity index (χ1) is 10.3. The minimum absolute atomic E-state index is 0.273. The van der Waals surface area contributed by atoms with Gasteiger partial charge in [0.1, 0.15) is 0 Å². The second-order valence-corrected chi connectivity index (χ2v) is 8.20. The first kappa shape index (κ1) is 15.5. The van der Waals surface area contributed by atoms with Crippen LogP contribution in [0.1, 0.15) is 58.8 Å². The maximum absolute atomic E-state index is 6.39. The van der Waals surface area contributed by atoms with Crippen LogP contribution in [-0.4, -0.2) is 6.54 Å². The molecule has 1 unspecified atom stereocenters. The normalized spacial score (nSPS) is 16.5. The maximum Gasteiger partial charge on any atom is 0.0780 e. The quantitative estimate of drug-likeness (QED) is 0.676. The van der Waals surface area contributed by atoms with Gasteiger partial charge in [0, 0.05) is 14.6 Å². The van der Waals surface area contributed by atoms with Crippen molar-refractivity contribution in [3.63, 3.8) is 0 Å². The Kier molecular flexibility index (Phi) is 5.38. The van der Waals surface area contributed by atoms with Gasteiger partial charge in [-0.3, -0.25) is 0 Å². The Bertz CT molecular complexity index is 564. The molecule has 0 aromatic carbocycles. The molecule has 4 heteroatoms. The molecule has 0 saturated carbocycles. The van der Waals surface area contributed by atoms with E-state index in [0.717, 1.165) is 18.0 Å². The summed E-state index contributed by atoms with van der Waals surface area (Å²) in [6.45, 7) is 3.24. The molecule has 1 aliphatic carbocycles. The molecular formula is C17H22ClNS2. The highest BCUT2D eigenvalue weighted by Gasteiger charge is 2.22. The van der Waals surface area contributed by atoms with Crippen LogP contribution in [0.15, 0.2) is 17.5 Å². The van der Waals surface area contributed by atoms with Crippen molar-refractivity contribution in [3.8, 4) is 0 Å². The van der Waals surface area contributed by atoms with Crippen molar-refractivity contribution >= 4 is 34.3 Å². The van der Waals surface area contributed by atoms with E-state index in [2.05, 4.69) is 23.7 Å². The molecule has 0 amide bonds. The number of rotatable bonds is 5. The van der Waals surface area contributed by atoms with Gasteiger partial charge in [0.25, 0.3) is 0 Å². The molecule has 3 rings (SSSR count). The zero-order valence-electron chi connectivity index (χ0n) is 12.5. The van der Waals surface area contributed by atoms with E-state index in [1.807, 2.05) is 17.4 Å². The summed E-state index contributed by atoms with van der Waals surface area (Å²) in [7, 11) is 0. The topological polar surface area (TPSA) is 12.0 Å². The fourth-order valence-electron chi connectivity index (χ4n) is 2.96. The molecule has 1 nitrogen and oxygen atoms in total. The van der Waals surface area contributed by atoms with Crippen molar-refractivity contribution in [1.82, 2.24) is 5.32 Å². The van der Waals surface area contributed by atoms with Gasteiger partial charge in [-0.1, -0.05) is 24.9 Å². The Morgan fingerprint density at radius 3 is 2.90 bits per heavy atom.